The standard InChI is InChI=1S/C12H14FN3/c1-9-6-11(7-14)16(15-9)8-10-4-2-3-5-12(10)13/h2-6H,7-8,14H2,1H3. The minimum atomic E-state index is -0.210. The topological polar surface area (TPSA) is 43.8 Å². The predicted octanol–water partition coefficient (Wildman–Crippen LogP) is 1.84. The Morgan fingerprint density at radius 2 is 2.12 bits per heavy atom. The van der Waals surface area contributed by atoms with Gasteiger partial charge >= 0.3 is 0 Å². The number of halogens is 1. The average molecular weight is 219 g/mol. The average Bonchev–Trinajstić information content (AvgIpc) is 2.62. The van der Waals surface area contributed by atoms with Crippen molar-refractivity contribution in [3.8, 4) is 0 Å². The Morgan fingerprint density at radius 1 is 1.38 bits per heavy atom. The van der Waals surface area contributed by atoms with Gasteiger partial charge < -0.3 is 5.73 Å². The van der Waals surface area contributed by atoms with Crippen LogP contribution in [0, 0.1) is 12.7 Å². The maximum Gasteiger partial charge on any atom is 0.128 e. The van der Waals surface area contributed by atoms with Crippen LogP contribution in [0.25, 0.3) is 0 Å². The van der Waals surface area contributed by atoms with E-state index in [9.17, 15) is 4.39 Å². The van der Waals surface area contributed by atoms with Crippen LogP contribution < -0.4 is 5.73 Å². The molecule has 0 spiro atoms. The van der Waals surface area contributed by atoms with Gasteiger partial charge in [0.2, 0.25) is 0 Å². The maximum atomic E-state index is 13.4. The summed E-state index contributed by atoms with van der Waals surface area (Å²) in [6.45, 7) is 2.74. The summed E-state index contributed by atoms with van der Waals surface area (Å²) in [6.07, 6.45) is 0. The summed E-state index contributed by atoms with van der Waals surface area (Å²) >= 11 is 0. The molecule has 0 unspecified atom stereocenters. The van der Waals surface area contributed by atoms with E-state index in [-0.39, 0.29) is 5.82 Å². The molecular weight excluding hydrogens is 205 g/mol. The third-order valence-electron chi connectivity index (χ3n) is 2.47. The largest absolute Gasteiger partial charge is 0.325 e. The zero-order chi connectivity index (χ0) is 11.5. The van der Waals surface area contributed by atoms with Gasteiger partial charge in [0.15, 0.2) is 0 Å². The molecular formula is C12H14FN3. The molecule has 0 aliphatic carbocycles. The Bertz CT molecular complexity index is 491. The van der Waals surface area contributed by atoms with E-state index in [4.69, 9.17) is 5.73 Å². The molecule has 0 aliphatic heterocycles. The highest BCUT2D eigenvalue weighted by Crippen LogP contribution is 2.11. The monoisotopic (exact) mass is 219 g/mol. The number of nitrogens with two attached hydrogens (primary N) is 1. The Hall–Kier alpha value is -1.68. The number of rotatable bonds is 3. The summed E-state index contributed by atoms with van der Waals surface area (Å²) in [7, 11) is 0. The molecule has 4 heteroatoms. The summed E-state index contributed by atoms with van der Waals surface area (Å²) < 4.78 is 15.2. The molecule has 1 aromatic carbocycles. The summed E-state index contributed by atoms with van der Waals surface area (Å²) in [6, 6.07) is 8.62. The molecule has 16 heavy (non-hydrogen) atoms. The van der Waals surface area contributed by atoms with Gasteiger partial charge in [0.05, 0.1) is 17.9 Å². The van der Waals surface area contributed by atoms with Gasteiger partial charge in [-0.1, -0.05) is 18.2 Å². The summed E-state index contributed by atoms with van der Waals surface area (Å²) in [4.78, 5) is 0. The second-order valence-corrected chi connectivity index (χ2v) is 3.73. The highest BCUT2D eigenvalue weighted by molar-refractivity contribution is 5.19. The molecule has 0 fully saturated rings. The van der Waals surface area contributed by atoms with Gasteiger partial charge in [0.1, 0.15) is 5.82 Å². The number of benzene rings is 1. The van der Waals surface area contributed by atoms with E-state index < -0.39 is 0 Å². The van der Waals surface area contributed by atoms with Gasteiger partial charge in [0.25, 0.3) is 0 Å². The SMILES string of the molecule is Cc1cc(CN)n(Cc2ccccc2F)n1. The van der Waals surface area contributed by atoms with Crippen LogP contribution in [0.1, 0.15) is 17.0 Å². The summed E-state index contributed by atoms with van der Waals surface area (Å²) in [5, 5.41) is 4.29. The first-order chi connectivity index (χ1) is 7.70. The molecule has 2 aromatic rings. The summed E-state index contributed by atoms with van der Waals surface area (Å²) in [5.74, 6) is -0.210. The van der Waals surface area contributed by atoms with Crippen LogP contribution in [0.5, 0.6) is 0 Å². The maximum absolute atomic E-state index is 13.4. The zero-order valence-electron chi connectivity index (χ0n) is 9.15. The van der Waals surface area contributed by atoms with Gasteiger partial charge in [-0.05, 0) is 19.1 Å². The zero-order valence-corrected chi connectivity index (χ0v) is 9.15. The van der Waals surface area contributed by atoms with Crippen molar-refractivity contribution >= 4 is 0 Å². The lowest BCUT2D eigenvalue weighted by Crippen LogP contribution is -2.10. The Balaban J connectivity index is 2.30. The fourth-order valence-corrected chi connectivity index (χ4v) is 1.69. The molecule has 0 bridgehead atoms. The molecule has 0 amide bonds. The van der Waals surface area contributed by atoms with Crippen LogP contribution in [-0.4, -0.2) is 9.78 Å². The van der Waals surface area contributed by atoms with Gasteiger partial charge in [-0.15, -0.1) is 0 Å². The molecule has 0 radical (unpaired) electrons. The van der Waals surface area contributed by atoms with E-state index in [0.29, 0.717) is 18.7 Å². The molecule has 2 rings (SSSR count). The molecule has 0 saturated carbocycles. The lowest BCUT2D eigenvalue weighted by molar-refractivity contribution is 0.574. The Kier molecular flexibility index (Phi) is 3.01. The van der Waals surface area contributed by atoms with E-state index in [1.54, 1.807) is 16.8 Å². The van der Waals surface area contributed by atoms with E-state index in [0.717, 1.165) is 11.4 Å². The van der Waals surface area contributed by atoms with Crippen molar-refractivity contribution in [3.63, 3.8) is 0 Å². The minimum absolute atomic E-state index is 0.210. The molecule has 3 nitrogen and oxygen atoms in total. The first-order valence-corrected chi connectivity index (χ1v) is 5.17. The van der Waals surface area contributed by atoms with Crippen LogP contribution in [0.15, 0.2) is 30.3 Å². The molecule has 0 saturated heterocycles. The first kappa shape index (κ1) is 10.8. The van der Waals surface area contributed by atoms with Crippen LogP contribution >= 0.6 is 0 Å². The van der Waals surface area contributed by atoms with Gasteiger partial charge in [0, 0.05) is 12.1 Å². The van der Waals surface area contributed by atoms with Crippen molar-refractivity contribution in [1.29, 1.82) is 0 Å². The Morgan fingerprint density at radius 3 is 2.81 bits per heavy atom. The van der Waals surface area contributed by atoms with Crippen molar-refractivity contribution in [2.45, 2.75) is 20.0 Å². The van der Waals surface area contributed by atoms with E-state index in [1.807, 2.05) is 19.1 Å². The fourth-order valence-electron chi connectivity index (χ4n) is 1.69. The van der Waals surface area contributed by atoms with Gasteiger partial charge in [-0.25, -0.2) is 4.39 Å². The van der Waals surface area contributed by atoms with Crippen LogP contribution in [0.3, 0.4) is 0 Å². The van der Waals surface area contributed by atoms with Crippen LogP contribution in [-0.2, 0) is 13.1 Å². The second-order valence-electron chi connectivity index (χ2n) is 3.73. The number of aryl methyl sites for hydroxylation is 1. The second kappa shape index (κ2) is 4.45. The normalized spacial score (nSPS) is 10.7. The number of aromatic nitrogens is 2. The third-order valence-corrected chi connectivity index (χ3v) is 2.47. The Labute approximate surface area is 93.7 Å². The minimum Gasteiger partial charge on any atom is -0.325 e. The van der Waals surface area contributed by atoms with Gasteiger partial charge in [-0.3, -0.25) is 4.68 Å². The summed E-state index contributed by atoms with van der Waals surface area (Å²) in [5.41, 5.74) is 8.04. The third kappa shape index (κ3) is 2.12. The van der Waals surface area contributed by atoms with Crippen molar-refractivity contribution < 1.29 is 4.39 Å². The van der Waals surface area contributed by atoms with Crippen LogP contribution in [0.2, 0.25) is 0 Å². The fraction of sp³-hybridized carbons (Fsp3) is 0.250. The van der Waals surface area contributed by atoms with Crippen molar-refractivity contribution in [2.75, 3.05) is 0 Å². The molecule has 0 atom stereocenters. The van der Waals surface area contributed by atoms with E-state index >= 15 is 0 Å². The number of nitrogens with zero attached hydrogens (tertiary/aromatic N) is 2. The van der Waals surface area contributed by atoms with Crippen molar-refractivity contribution in [3.05, 3.63) is 53.1 Å². The lowest BCUT2D eigenvalue weighted by atomic mass is 10.2. The van der Waals surface area contributed by atoms with Crippen LogP contribution in [0.4, 0.5) is 4.39 Å². The first-order valence-electron chi connectivity index (χ1n) is 5.17. The lowest BCUT2D eigenvalue weighted by Gasteiger charge is -2.06. The van der Waals surface area contributed by atoms with Crippen molar-refractivity contribution in [2.24, 2.45) is 5.73 Å². The quantitative estimate of drug-likeness (QED) is 0.856. The number of hydrogen-bond acceptors (Lipinski definition) is 2. The molecule has 1 heterocycles. The smallest absolute Gasteiger partial charge is 0.128 e. The van der Waals surface area contributed by atoms with Gasteiger partial charge in [-0.2, -0.15) is 5.10 Å². The molecule has 0 aliphatic rings. The molecule has 1 aromatic heterocycles. The van der Waals surface area contributed by atoms with E-state index in [2.05, 4.69) is 5.10 Å². The highest BCUT2D eigenvalue weighted by atomic mass is 19.1. The predicted molar refractivity (Wildman–Crippen MR) is 60.4 cm³/mol. The van der Waals surface area contributed by atoms with E-state index in [1.165, 1.54) is 6.07 Å². The molecule has 2 N–H and O–H groups in total. The number of hydrogen-bond donors (Lipinski definition) is 1. The highest BCUT2D eigenvalue weighted by Gasteiger charge is 2.07. The van der Waals surface area contributed by atoms with Crippen molar-refractivity contribution in [1.82, 2.24) is 9.78 Å². The molecule has 84 valence electrons.